The van der Waals surface area contributed by atoms with Crippen molar-refractivity contribution in [2.75, 3.05) is 18.9 Å². The first-order valence-corrected chi connectivity index (χ1v) is 7.50. The summed E-state index contributed by atoms with van der Waals surface area (Å²) < 4.78 is 13.0. The minimum absolute atomic E-state index is 0.181. The molecule has 116 valence electrons. The van der Waals surface area contributed by atoms with Gasteiger partial charge in [-0.25, -0.2) is 4.39 Å². The van der Waals surface area contributed by atoms with E-state index >= 15 is 0 Å². The van der Waals surface area contributed by atoms with Crippen molar-refractivity contribution in [3.05, 3.63) is 63.9 Å². The number of nitrogens with one attached hydrogen (secondary N) is 2. The first-order chi connectivity index (χ1) is 10.4. The number of quaternary nitrogens is 1. The lowest BCUT2D eigenvalue weighted by Crippen LogP contribution is -3.08. The number of amides is 1. The molecule has 6 heteroatoms. The maximum Gasteiger partial charge on any atom is 0.279 e. The zero-order chi connectivity index (χ0) is 16.1. The van der Waals surface area contributed by atoms with E-state index in [9.17, 15) is 9.18 Å². The average molecular weight is 342 g/mol. The monoisotopic (exact) mass is 341 g/mol. The van der Waals surface area contributed by atoms with E-state index in [1.807, 2.05) is 31.3 Å². The van der Waals surface area contributed by atoms with E-state index in [4.69, 9.17) is 23.2 Å². The quantitative estimate of drug-likeness (QED) is 0.861. The van der Waals surface area contributed by atoms with Crippen molar-refractivity contribution in [2.45, 2.75) is 6.54 Å². The molecule has 0 bridgehead atoms. The molecule has 0 aliphatic rings. The van der Waals surface area contributed by atoms with Gasteiger partial charge in [0, 0.05) is 10.6 Å². The largest absolute Gasteiger partial charge is 0.326 e. The Bertz CT molecular complexity index is 679. The Morgan fingerprint density at radius 1 is 1.23 bits per heavy atom. The van der Waals surface area contributed by atoms with Gasteiger partial charge in [0.25, 0.3) is 5.91 Å². The highest BCUT2D eigenvalue weighted by molar-refractivity contribution is 6.33. The van der Waals surface area contributed by atoms with Gasteiger partial charge in [-0.2, -0.15) is 0 Å². The first-order valence-electron chi connectivity index (χ1n) is 6.74. The molecule has 0 aliphatic heterocycles. The van der Waals surface area contributed by atoms with Crippen molar-refractivity contribution in [3.63, 3.8) is 0 Å². The predicted octanol–water partition coefficient (Wildman–Crippen LogP) is 2.79. The van der Waals surface area contributed by atoms with E-state index in [1.54, 1.807) is 0 Å². The molecular formula is C16H16Cl2FN2O+. The van der Waals surface area contributed by atoms with Crippen LogP contribution in [0.15, 0.2) is 42.5 Å². The molecule has 3 nitrogen and oxygen atoms in total. The SMILES string of the molecule is C[NH+](CC(=O)Nc1ccc(F)cc1Cl)Cc1cccc(Cl)c1. The number of benzene rings is 2. The van der Waals surface area contributed by atoms with Gasteiger partial charge in [0.1, 0.15) is 12.4 Å². The molecule has 2 N–H and O–H groups in total. The van der Waals surface area contributed by atoms with Crippen LogP contribution >= 0.6 is 23.2 Å². The summed E-state index contributed by atoms with van der Waals surface area (Å²) in [6.45, 7) is 0.936. The second-order valence-electron chi connectivity index (χ2n) is 5.11. The van der Waals surface area contributed by atoms with Gasteiger partial charge < -0.3 is 10.2 Å². The normalized spacial score (nSPS) is 12.0. The zero-order valence-corrected chi connectivity index (χ0v) is 13.5. The second-order valence-corrected chi connectivity index (χ2v) is 5.96. The van der Waals surface area contributed by atoms with Crippen LogP contribution in [0.3, 0.4) is 0 Å². The molecule has 0 saturated heterocycles. The van der Waals surface area contributed by atoms with Gasteiger partial charge in [-0.15, -0.1) is 0 Å². The predicted molar refractivity (Wildman–Crippen MR) is 86.9 cm³/mol. The van der Waals surface area contributed by atoms with Crippen LogP contribution in [0.2, 0.25) is 10.0 Å². The van der Waals surface area contributed by atoms with Crippen LogP contribution in [0.25, 0.3) is 0 Å². The van der Waals surface area contributed by atoms with Gasteiger partial charge in [0.15, 0.2) is 6.54 Å². The number of anilines is 1. The van der Waals surface area contributed by atoms with Gasteiger partial charge >= 0.3 is 0 Å². The highest BCUT2D eigenvalue weighted by atomic mass is 35.5. The Morgan fingerprint density at radius 2 is 2.00 bits per heavy atom. The molecule has 2 aromatic carbocycles. The third-order valence-corrected chi connectivity index (χ3v) is 3.61. The van der Waals surface area contributed by atoms with Crippen LogP contribution in [0, 0.1) is 5.82 Å². The summed E-state index contributed by atoms with van der Waals surface area (Å²) >= 11 is 11.8. The smallest absolute Gasteiger partial charge is 0.279 e. The molecule has 2 rings (SSSR count). The van der Waals surface area contributed by atoms with Gasteiger partial charge in [-0.3, -0.25) is 4.79 Å². The van der Waals surface area contributed by atoms with Crippen molar-refractivity contribution in [1.29, 1.82) is 0 Å². The minimum atomic E-state index is -0.438. The highest BCUT2D eigenvalue weighted by Gasteiger charge is 2.12. The molecule has 1 amide bonds. The van der Waals surface area contributed by atoms with E-state index in [0.29, 0.717) is 17.3 Å². The molecule has 0 spiro atoms. The van der Waals surface area contributed by atoms with Crippen LogP contribution in [-0.4, -0.2) is 19.5 Å². The molecule has 0 aliphatic carbocycles. The van der Waals surface area contributed by atoms with E-state index in [2.05, 4.69) is 5.32 Å². The molecule has 0 heterocycles. The first kappa shape index (κ1) is 16.7. The van der Waals surface area contributed by atoms with Gasteiger partial charge in [0.2, 0.25) is 0 Å². The molecule has 1 atom stereocenters. The van der Waals surface area contributed by atoms with Gasteiger partial charge in [-0.1, -0.05) is 35.3 Å². The zero-order valence-electron chi connectivity index (χ0n) is 12.0. The van der Waals surface area contributed by atoms with Gasteiger partial charge in [-0.05, 0) is 30.3 Å². The van der Waals surface area contributed by atoms with Crippen LogP contribution in [0.5, 0.6) is 0 Å². The molecule has 1 unspecified atom stereocenters. The number of rotatable bonds is 5. The molecule has 0 aromatic heterocycles. The van der Waals surface area contributed by atoms with Gasteiger partial charge in [0.05, 0.1) is 17.8 Å². The summed E-state index contributed by atoms with van der Waals surface area (Å²) in [4.78, 5) is 13.0. The van der Waals surface area contributed by atoms with Crippen LogP contribution in [0.1, 0.15) is 5.56 Å². The third kappa shape index (κ3) is 4.98. The molecule has 0 saturated carbocycles. The van der Waals surface area contributed by atoms with Crippen molar-refractivity contribution >= 4 is 34.8 Å². The summed E-state index contributed by atoms with van der Waals surface area (Å²) in [6.07, 6.45) is 0. The number of hydrogen-bond donors (Lipinski definition) is 2. The summed E-state index contributed by atoms with van der Waals surface area (Å²) in [5.74, 6) is -0.625. The Hall–Kier alpha value is -1.62. The highest BCUT2D eigenvalue weighted by Crippen LogP contribution is 2.22. The van der Waals surface area contributed by atoms with Crippen molar-refractivity contribution < 1.29 is 14.1 Å². The fourth-order valence-electron chi connectivity index (χ4n) is 2.12. The maximum absolute atomic E-state index is 13.0. The second kappa shape index (κ2) is 7.58. The molecule has 0 fully saturated rings. The average Bonchev–Trinajstić information content (AvgIpc) is 2.41. The summed E-state index contributed by atoms with van der Waals surface area (Å²) in [5.41, 5.74) is 1.46. The Kier molecular flexibility index (Phi) is 5.77. The van der Waals surface area contributed by atoms with E-state index in [1.165, 1.54) is 18.2 Å². The van der Waals surface area contributed by atoms with Crippen molar-refractivity contribution in [1.82, 2.24) is 0 Å². The third-order valence-electron chi connectivity index (χ3n) is 3.06. The topological polar surface area (TPSA) is 33.5 Å². The van der Waals surface area contributed by atoms with Crippen LogP contribution in [-0.2, 0) is 11.3 Å². The lowest BCUT2D eigenvalue weighted by molar-refractivity contribution is -0.885. The Balaban J connectivity index is 1.91. The number of carbonyl (C=O) groups is 1. The number of hydrogen-bond acceptors (Lipinski definition) is 1. The number of likely N-dealkylation sites (N-methyl/N-ethyl adjacent to an activating group) is 1. The summed E-state index contributed by atoms with van der Waals surface area (Å²) in [5, 5.41) is 3.54. The molecular weight excluding hydrogens is 326 g/mol. The fourth-order valence-corrected chi connectivity index (χ4v) is 2.54. The number of carbonyl (C=O) groups excluding carboxylic acids is 1. The Morgan fingerprint density at radius 3 is 2.68 bits per heavy atom. The van der Waals surface area contributed by atoms with E-state index in [0.717, 1.165) is 10.5 Å². The number of halogens is 3. The van der Waals surface area contributed by atoms with E-state index in [-0.39, 0.29) is 17.5 Å². The van der Waals surface area contributed by atoms with Crippen LogP contribution < -0.4 is 10.2 Å². The van der Waals surface area contributed by atoms with Crippen molar-refractivity contribution in [3.8, 4) is 0 Å². The standard InChI is InChI=1S/C16H15Cl2FN2O/c1-21(9-11-3-2-4-12(17)7-11)10-16(22)20-15-6-5-13(19)8-14(15)18/h2-8H,9-10H2,1H3,(H,20,22)/p+1. The lowest BCUT2D eigenvalue weighted by Gasteiger charge is -2.14. The van der Waals surface area contributed by atoms with E-state index < -0.39 is 5.82 Å². The van der Waals surface area contributed by atoms with Crippen molar-refractivity contribution in [2.24, 2.45) is 0 Å². The fraction of sp³-hybridized carbons (Fsp3) is 0.188. The maximum atomic E-state index is 13.0. The van der Waals surface area contributed by atoms with Crippen LogP contribution in [0.4, 0.5) is 10.1 Å². The molecule has 2 aromatic rings. The minimum Gasteiger partial charge on any atom is -0.326 e. The molecule has 0 radical (unpaired) electrons. The summed E-state index contributed by atoms with van der Waals surface area (Å²) in [7, 11) is 1.91. The lowest BCUT2D eigenvalue weighted by atomic mass is 10.2. The Labute approximate surface area is 138 Å². The summed E-state index contributed by atoms with van der Waals surface area (Å²) in [6, 6.07) is 11.4. The molecule has 22 heavy (non-hydrogen) atoms.